The zero-order valence-corrected chi connectivity index (χ0v) is 13.8. The molecule has 24 heavy (non-hydrogen) atoms. The fourth-order valence-electron chi connectivity index (χ4n) is 3.14. The maximum atomic E-state index is 15.3. The predicted octanol–water partition coefficient (Wildman–Crippen LogP) is 6.61. The molecule has 0 nitrogen and oxygen atoms in total. The van der Waals surface area contributed by atoms with Crippen LogP contribution in [0.1, 0.15) is 36.0 Å². The van der Waals surface area contributed by atoms with Gasteiger partial charge in [0.05, 0.1) is 0 Å². The summed E-state index contributed by atoms with van der Waals surface area (Å²) in [4.78, 5) is 0. The minimum Gasteiger partial charge on any atom is -0.206 e. The molecule has 0 fully saturated rings. The van der Waals surface area contributed by atoms with Gasteiger partial charge in [-0.05, 0) is 23.1 Å². The molecule has 0 N–H and O–H groups in total. The molecule has 1 heteroatoms. The third-order valence-electron chi connectivity index (χ3n) is 4.30. The summed E-state index contributed by atoms with van der Waals surface area (Å²) in [5, 5.41) is 0. The Labute approximate surface area is 143 Å². The molecule has 0 aliphatic heterocycles. The number of allylic oxidation sites excluding steroid dienone is 1. The van der Waals surface area contributed by atoms with E-state index in [1.165, 1.54) is 0 Å². The lowest BCUT2D eigenvalue weighted by Gasteiger charge is -2.22. The molecule has 0 saturated heterocycles. The highest BCUT2D eigenvalue weighted by Crippen LogP contribution is 2.38. The van der Waals surface area contributed by atoms with Gasteiger partial charge >= 0.3 is 0 Å². The lowest BCUT2D eigenvalue weighted by atomic mass is 9.82. The van der Waals surface area contributed by atoms with Gasteiger partial charge in [-0.1, -0.05) is 97.9 Å². The minimum atomic E-state index is -0.115. The Morgan fingerprint density at radius 1 is 0.708 bits per heavy atom. The van der Waals surface area contributed by atoms with Crippen LogP contribution in [0.25, 0.3) is 5.83 Å². The molecule has 0 aliphatic rings. The molecular weight excluding hydrogens is 295 g/mol. The van der Waals surface area contributed by atoms with Crippen LogP contribution in [0.4, 0.5) is 4.39 Å². The van der Waals surface area contributed by atoms with Crippen LogP contribution in [0, 0.1) is 0 Å². The summed E-state index contributed by atoms with van der Waals surface area (Å²) in [5.74, 6) is -0.187. The number of hydrogen-bond donors (Lipinski definition) is 0. The van der Waals surface area contributed by atoms with Crippen LogP contribution in [0.2, 0.25) is 0 Å². The van der Waals surface area contributed by atoms with Crippen molar-refractivity contribution >= 4 is 5.83 Å². The van der Waals surface area contributed by atoms with Crippen molar-refractivity contribution in [2.45, 2.75) is 19.3 Å². The Bertz CT molecular complexity index is 750. The van der Waals surface area contributed by atoms with E-state index < -0.39 is 0 Å². The monoisotopic (exact) mass is 316 g/mol. The second kappa shape index (κ2) is 7.74. The highest BCUT2D eigenvalue weighted by atomic mass is 19.1. The van der Waals surface area contributed by atoms with Crippen LogP contribution in [-0.4, -0.2) is 0 Å². The SMILES string of the molecule is CC/C(=C(\F)c1ccccc1)C(c1ccccc1)c1ccccc1. The molecule has 120 valence electrons. The predicted molar refractivity (Wildman–Crippen MR) is 99.5 cm³/mol. The Kier molecular flexibility index (Phi) is 5.22. The van der Waals surface area contributed by atoms with Gasteiger partial charge in [-0.3, -0.25) is 0 Å². The van der Waals surface area contributed by atoms with E-state index in [2.05, 4.69) is 24.3 Å². The third kappa shape index (κ3) is 3.46. The Balaban J connectivity index is 2.17. The van der Waals surface area contributed by atoms with Gasteiger partial charge in [-0.2, -0.15) is 0 Å². The first-order chi connectivity index (χ1) is 11.8. The second-order valence-corrected chi connectivity index (χ2v) is 5.81. The second-order valence-electron chi connectivity index (χ2n) is 5.81. The van der Waals surface area contributed by atoms with E-state index in [0.29, 0.717) is 12.0 Å². The molecule has 3 aromatic carbocycles. The quantitative estimate of drug-likeness (QED) is 0.497. The number of hydrogen-bond acceptors (Lipinski definition) is 0. The Morgan fingerprint density at radius 3 is 1.54 bits per heavy atom. The fourth-order valence-corrected chi connectivity index (χ4v) is 3.14. The summed E-state index contributed by atoms with van der Waals surface area (Å²) in [6.45, 7) is 2.02. The van der Waals surface area contributed by atoms with Crippen LogP contribution in [0.5, 0.6) is 0 Å². The van der Waals surface area contributed by atoms with Crippen molar-refractivity contribution in [3.05, 3.63) is 113 Å². The highest BCUT2D eigenvalue weighted by Gasteiger charge is 2.22. The Morgan fingerprint density at radius 2 is 1.12 bits per heavy atom. The maximum Gasteiger partial charge on any atom is 0.130 e. The topological polar surface area (TPSA) is 0 Å². The standard InChI is InChI=1S/C23H21F/c1-2-21(23(24)20-16-10-5-11-17-20)22(18-12-6-3-7-13-18)19-14-8-4-9-15-19/h3-17,22H,2H2,1H3/b23-21+. The molecule has 0 aliphatic carbocycles. The lowest BCUT2D eigenvalue weighted by molar-refractivity contribution is 0.722. The van der Waals surface area contributed by atoms with Gasteiger partial charge in [0.15, 0.2) is 0 Å². The van der Waals surface area contributed by atoms with E-state index in [1.807, 2.05) is 73.7 Å². The van der Waals surface area contributed by atoms with E-state index in [-0.39, 0.29) is 11.7 Å². The summed E-state index contributed by atoms with van der Waals surface area (Å²) in [6, 6.07) is 29.7. The number of halogens is 1. The van der Waals surface area contributed by atoms with Crippen molar-refractivity contribution in [2.75, 3.05) is 0 Å². The zero-order chi connectivity index (χ0) is 16.8. The van der Waals surface area contributed by atoms with Gasteiger partial charge in [-0.15, -0.1) is 0 Å². The summed E-state index contributed by atoms with van der Waals surface area (Å²) >= 11 is 0. The van der Waals surface area contributed by atoms with Crippen molar-refractivity contribution in [1.82, 2.24) is 0 Å². The average Bonchev–Trinajstić information content (AvgIpc) is 2.67. The largest absolute Gasteiger partial charge is 0.206 e. The first kappa shape index (κ1) is 16.2. The first-order valence-corrected chi connectivity index (χ1v) is 8.35. The highest BCUT2D eigenvalue weighted by molar-refractivity contribution is 5.65. The summed E-state index contributed by atoms with van der Waals surface area (Å²) in [7, 11) is 0. The molecule has 0 heterocycles. The maximum absolute atomic E-state index is 15.3. The molecule has 0 spiro atoms. The normalized spacial score (nSPS) is 12.1. The van der Waals surface area contributed by atoms with Crippen molar-refractivity contribution in [3.8, 4) is 0 Å². The first-order valence-electron chi connectivity index (χ1n) is 8.35. The van der Waals surface area contributed by atoms with Gasteiger partial charge in [0.25, 0.3) is 0 Å². The van der Waals surface area contributed by atoms with Gasteiger partial charge in [0, 0.05) is 11.5 Å². The fraction of sp³-hybridized carbons (Fsp3) is 0.130. The van der Waals surface area contributed by atoms with Crippen LogP contribution in [-0.2, 0) is 0 Å². The lowest BCUT2D eigenvalue weighted by Crippen LogP contribution is -2.06. The number of benzene rings is 3. The van der Waals surface area contributed by atoms with Gasteiger partial charge in [0.1, 0.15) is 5.83 Å². The average molecular weight is 316 g/mol. The van der Waals surface area contributed by atoms with Gasteiger partial charge in [-0.25, -0.2) is 4.39 Å². The van der Waals surface area contributed by atoms with Crippen molar-refractivity contribution in [1.29, 1.82) is 0 Å². The van der Waals surface area contributed by atoms with Gasteiger partial charge < -0.3 is 0 Å². The Hall–Kier alpha value is -2.67. The molecule has 0 atom stereocenters. The van der Waals surface area contributed by atoms with Gasteiger partial charge in [0.2, 0.25) is 0 Å². The van der Waals surface area contributed by atoms with E-state index in [1.54, 1.807) is 0 Å². The van der Waals surface area contributed by atoms with Crippen LogP contribution in [0.3, 0.4) is 0 Å². The molecule has 0 radical (unpaired) electrons. The molecule has 3 aromatic rings. The molecule has 0 unspecified atom stereocenters. The summed E-state index contributed by atoms with van der Waals surface area (Å²) in [6.07, 6.45) is 0.662. The smallest absolute Gasteiger partial charge is 0.130 e. The van der Waals surface area contributed by atoms with Crippen LogP contribution >= 0.6 is 0 Å². The molecule has 3 rings (SSSR count). The van der Waals surface area contributed by atoms with E-state index in [4.69, 9.17) is 0 Å². The zero-order valence-electron chi connectivity index (χ0n) is 13.8. The molecule has 0 aromatic heterocycles. The molecule has 0 amide bonds. The minimum absolute atomic E-state index is 0.0717. The van der Waals surface area contributed by atoms with Crippen molar-refractivity contribution in [3.63, 3.8) is 0 Å². The molecule has 0 bridgehead atoms. The van der Waals surface area contributed by atoms with Crippen LogP contribution in [0.15, 0.2) is 96.6 Å². The number of rotatable bonds is 5. The van der Waals surface area contributed by atoms with Crippen molar-refractivity contribution in [2.24, 2.45) is 0 Å². The summed E-state index contributed by atoms with van der Waals surface area (Å²) in [5.41, 5.74) is 3.70. The van der Waals surface area contributed by atoms with E-state index in [9.17, 15) is 0 Å². The van der Waals surface area contributed by atoms with Crippen molar-refractivity contribution < 1.29 is 4.39 Å². The third-order valence-corrected chi connectivity index (χ3v) is 4.30. The van der Waals surface area contributed by atoms with Crippen LogP contribution < -0.4 is 0 Å². The molecule has 0 saturated carbocycles. The summed E-state index contributed by atoms with van der Waals surface area (Å²) < 4.78 is 15.3. The van der Waals surface area contributed by atoms with E-state index >= 15 is 4.39 Å². The molecular formula is C23H21F. The van der Waals surface area contributed by atoms with E-state index in [0.717, 1.165) is 16.7 Å².